The minimum absolute atomic E-state index is 0.179. The standard InChI is InChI=1S/C23H24N2O2/c1-27-23(26)13-12-18-15-22(24-21-11-5-4-10-20(18)21)25-14-6-9-17-7-2-3-8-19(17)16-25/h2-5,7-8,10-11,15H,6,9,12-14,16H2,1H3. The molecule has 4 nitrogen and oxygen atoms in total. The SMILES string of the molecule is COC(=O)CCc1cc(N2CCCc3ccccc3C2)nc2ccccc12. The van der Waals surface area contributed by atoms with E-state index in [4.69, 9.17) is 9.72 Å². The fraction of sp³-hybridized carbons (Fsp3) is 0.304. The molecule has 0 saturated carbocycles. The van der Waals surface area contributed by atoms with Gasteiger partial charge in [0.15, 0.2) is 0 Å². The van der Waals surface area contributed by atoms with E-state index in [0.717, 1.165) is 48.2 Å². The monoisotopic (exact) mass is 360 g/mol. The molecule has 0 fully saturated rings. The third-order valence-corrected chi connectivity index (χ3v) is 5.29. The fourth-order valence-corrected chi connectivity index (χ4v) is 3.84. The molecule has 0 atom stereocenters. The minimum atomic E-state index is -0.179. The number of esters is 1. The number of methoxy groups -OCH3 is 1. The molecular weight excluding hydrogens is 336 g/mol. The van der Waals surface area contributed by atoms with E-state index in [1.165, 1.54) is 18.2 Å². The lowest BCUT2D eigenvalue weighted by atomic mass is 10.0. The Morgan fingerprint density at radius 1 is 1.11 bits per heavy atom. The van der Waals surface area contributed by atoms with Crippen LogP contribution in [-0.2, 0) is 28.9 Å². The number of para-hydroxylation sites is 1. The van der Waals surface area contributed by atoms with Gasteiger partial charge in [-0.15, -0.1) is 0 Å². The van der Waals surface area contributed by atoms with Gasteiger partial charge in [-0.3, -0.25) is 4.79 Å². The van der Waals surface area contributed by atoms with Gasteiger partial charge in [-0.05, 0) is 48.1 Å². The highest BCUT2D eigenvalue weighted by molar-refractivity contribution is 5.84. The summed E-state index contributed by atoms with van der Waals surface area (Å²) in [5.74, 6) is 0.811. The van der Waals surface area contributed by atoms with Gasteiger partial charge in [-0.1, -0.05) is 42.5 Å². The largest absolute Gasteiger partial charge is 0.469 e. The summed E-state index contributed by atoms with van der Waals surface area (Å²) in [6.07, 6.45) is 3.26. The second-order valence-corrected chi connectivity index (χ2v) is 7.03. The van der Waals surface area contributed by atoms with Crippen molar-refractivity contribution in [2.75, 3.05) is 18.6 Å². The molecule has 4 heteroatoms. The summed E-state index contributed by atoms with van der Waals surface area (Å²) in [6, 6.07) is 19.0. The van der Waals surface area contributed by atoms with E-state index in [0.29, 0.717) is 12.8 Å². The van der Waals surface area contributed by atoms with Crippen molar-refractivity contribution in [3.05, 3.63) is 71.3 Å². The number of carbonyl (C=O) groups is 1. The van der Waals surface area contributed by atoms with E-state index in [-0.39, 0.29) is 5.97 Å². The van der Waals surface area contributed by atoms with Gasteiger partial charge in [0.1, 0.15) is 5.82 Å². The van der Waals surface area contributed by atoms with Crippen molar-refractivity contribution in [3.63, 3.8) is 0 Å². The third kappa shape index (κ3) is 3.80. The van der Waals surface area contributed by atoms with Crippen molar-refractivity contribution >= 4 is 22.7 Å². The predicted octanol–water partition coefficient (Wildman–Crippen LogP) is 4.29. The molecule has 0 bridgehead atoms. The number of hydrogen-bond acceptors (Lipinski definition) is 4. The average Bonchev–Trinajstić information content (AvgIpc) is 2.94. The number of aryl methyl sites for hydroxylation is 2. The number of anilines is 1. The van der Waals surface area contributed by atoms with Crippen molar-refractivity contribution < 1.29 is 9.53 Å². The summed E-state index contributed by atoms with van der Waals surface area (Å²) in [4.78, 5) is 18.9. The van der Waals surface area contributed by atoms with Crippen molar-refractivity contribution in [1.29, 1.82) is 0 Å². The van der Waals surface area contributed by atoms with E-state index >= 15 is 0 Å². The van der Waals surface area contributed by atoms with Crippen LogP contribution < -0.4 is 4.90 Å². The van der Waals surface area contributed by atoms with Gasteiger partial charge in [-0.25, -0.2) is 4.98 Å². The first-order valence-corrected chi connectivity index (χ1v) is 9.52. The molecule has 0 spiro atoms. The predicted molar refractivity (Wildman–Crippen MR) is 108 cm³/mol. The summed E-state index contributed by atoms with van der Waals surface area (Å²) in [5.41, 5.74) is 4.94. The number of pyridine rings is 1. The van der Waals surface area contributed by atoms with Crippen LogP contribution in [-0.4, -0.2) is 24.6 Å². The van der Waals surface area contributed by atoms with Crippen molar-refractivity contribution in [3.8, 4) is 0 Å². The zero-order chi connectivity index (χ0) is 18.6. The maximum Gasteiger partial charge on any atom is 0.305 e. The van der Waals surface area contributed by atoms with Crippen LogP contribution in [0.3, 0.4) is 0 Å². The van der Waals surface area contributed by atoms with Crippen molar-refractivity contribution in [1.82, 2.24) is 4.98 Å². The van der Waals surface area contributed by atoms with E-state index in [2.05, 4.69) is 41.3 Å². The fourth-order valence-electron chi connectivity index (χ4n) is 3.84. The van der Waals surface area contributed by atoms with Gasteiger partial charge >= 0.3 is 5.97 Å². The number of nitrogens with zero attached hydrogens (tertiary/aromatic N) is 2. The molecule has 138 valence electrons. The van der Waals surface area contributed by atoms with Crippen LogP contribution in [0.2, 0.25) is 0 Å². The number of hydrogen-bond donors (Lipinski definition) is 0. The van der Waals surface area contributed by atoms with Crippen LogP contribution in [0.5, 0.6) is 0 Å². The first kappa shape index (κ1) is 17.5. The Morgan fingerprint density at radius 2 is 1.89 bits per heavy atom. The van der Waals surface area contributed by atoms with Crippen LogP contribution >= 0.6 is 0 Å². The summed E-state index contributed by atoms with van der Waals surface area (Å²) in [6.45, 7) is 1.86. The molecule has 2 aromatic carbocycles. The lowest BCUT2D eigenvalue weighted by molar-refractivity contribution is -0.140. The molecule has 0 aliphatic carbocycles. The Hall–Kier alpha value is -2.88. The summed E-state index contributed by atoms with van der Waals surface area (Å²) in [7, 11) is 1.44. The molecule has 0 radical (unpaired) electrons. The van der Waals surface area contributed by atoms with Gasteiger partial charge in [0, 0.05) is 24.9 Å². The first-order valence-electron chi connectivity index (χ1n) is 9.52. The second kappa shape index (κ2) is 7.78. The zero-order valence-corrected chi connectivity index (χ0v) is 15.6. The van der Waals surface area contributed by atoms with Gasteiger partial charge < -0.3 is 9.64 Å². The number of aromatic nitrogens is 1. The lowest BCUT2D eigenvalue weighted by Crippen LogP contribution is -2.23. The van der Waals surface area contributed by atoms with E-state index in [9.17, 15) is 4.79 Å². The summed E-state index contributed by atoms with van der Waals surface area (Å²) < 4.78 is 4.82. The summed E-state index contributed by atoms with van der Waals surface area (Å²) >= 11 is 0. The molecule has 0 N–H and O–H groups in total. The maximum atomic E-state index is 11.6. The topological polar surface area (TPSA) is 42.4 Å². The lowest BCUT2D eigenvalue weighted by Gasteiger charge is -2.23. The molecule has 27 heavy (non-hydrogen) atoms. The second-order valence-electron chi connectivity index (χ2n) is 7.03. The highest BCUT2D eigenvalue weighted by Crippen LogP contribution is 2.27. The molecule has 0 amide bonds. The number of ether oxygens (including phenoxy) is 1. The number of benzene rings is 2. The third-order valence-electron chi connectivity index (χ3n) is 5.29. The number of fused-ring (bicyclic) bond motifs is 2. The molecule has 2 heterocycles. The van der Waals surface area contributed by atoms with Crippen LogP contribution in [0.15, 0.2) is 54.6 Å². The number of rotatable bonds is 4. The van der Waals surface area contributed by atoms with Crippen molar-refractivity contribution in [2.24, 2.45) is 0 Å². The maximum absolute atomic E-state index is 11.6. The Labute approximate surface area is 159 Å². The molecule has 1 aliphatic rings. The normalized spacial score (nSPS) is 13.9. The Morgan fingerprint density at radius 3 is 2.74 bits per heavy atom. The van der Waals surface area contributed by atoms with Gasteiger partial charge in [0.25, 0.3) is 0 Å². The molecular formula is C23H24N2O2. The highest BCUT2D eigenvalue weighted by Gasteiger charge is 2.17. The van der Waals surface area contributed by atoms with E-state index < -0.39 is 0 Å². The van der Waals surface area contributed by atoms with Crippen LogP contribution in [0.1, 0.15) is 29.5 Å². The Kier molecular flexibility index (Phi) is 5.05. The summed E-state index contributed by atoms with van der Waals surface area (Å²) in [5, 5.41) is 1.11. The van der Waals surface area contributed by atoms with Crippen LogP contribution in [0.4, 0.5) is 5.82 Å². The van der Waals surface area contributed by atoms with Gasteiger partial charge in [0.2, 0.25) is 0 Å². The van der Waals surface area contributed by atoms with Gasteiger partial charge in [0.05, 0.1) is 12.6 Å². The van der Waals surface area contributed by atoms with Crippen LogP contribution in [0, 0.1) is 0 Å². The number of carbonyl (C=O) groups excluding carboxylic acids is 1. The smallest absolute Gasteiger partial charge is 0.305 e. The molecule has 3 aromatic rings. The molecule has 4 rings (SSSR count). The zero-order valence-electron chi connectivity index (χ0n) is 15.6. The van der Waals surface area contributed by atoms with Crippen molar-refractivity contribution in [2.45, 2.75) is 32.2 Å². The average molecular weight is 360 g/mol. The first-order chi connectivity index (χ1) is 13.2. The Bertz CT molecular complexity index is 968. The quantitative estimate of drug-likeness (QED) is 0.651. The van der Waals surface area contributed by atoms with Crippen LogP contribution in [0.25, 0.3) is 10.9 Å². The molecule has 1 aromatic heterocycles. The van der Waals surface area contributed by atoms with Gasteiger partial charge in [-0.2, -0.15) is 0 Å². The van der Waals surface area contributed by atoms with E-state index in [1.54, 1.807) is 0 Å². The van der Waals surface area contributed by atoms with E-state index in [1.807, 2.05) is 18.2 Å². The molecule has 1 aliphatic heterocycles. The Balaban J connectivity index is 1.70. The molecule has 0 unspecified atom stereocenters. The highest BCUT2D eigenvalue weighted by atomic mass is 16.5. The molecule has 0 saturated heterocycles. The minimum Gasteiger partial charge on any atom is -0.469 e.